The zero-order valence-electron chi connectivity index (χ0n) is 6.10. The Labute approximate surface area is 61.0 Å². The van der Waals surface area contributed by atoms with Crippen molar-refractivity contribution in [1.82, 2.24) is 5.32 Å². The molecule has 0 aliphatic carbocycles. The van der Waals surface area contributed by atoms with Crippen LogP contribution >= 0.6 is 0 Å². The highest BCUT2D eigenvalue weighted by Crippen LogP contribution is 2.13. The maximum absolute atomic E-state index is 11.0. The molecule has 0 spiro atoms. The average Bonchev–Trinajstić information content (AvgIpc) is 1.94. The van der Waals surface area contributed by atoms with E-state index < -0.39 is 0 Å². The molecular formula is C7H14N2O. The lowest BCUT2D eigenvalue weighted by molar-refractivity contribution is -0.126. The second kappa shape index (κ2) is 3.56. The fraction of sp³-hybridized carbons (Fsp3) is 0.857. The number of piperidine rings is 1. The number of hydrogen-bond acceptors (Lipinski definition) is 2. The lowest BCUT2D eigenvalue weighted by atomic mass is 9.95. The van der Waals surface area contributed by atoms with E-state index >= 15 is 0 Å². The molecule has 0 aromatic rings. The Morgan fingerprint density at radius 1 is 1.70 bits per heavy atom. The first kappa shape index (κ1) is 7.54. The minimum Gasteiger partial charge on any atom is -0.356 e. The van der Waals surface area contributed by atoms with Crippen LogP contribution in [0.4, 0.5) is 0 Å². The molecule has 1 aliphatic rings. The van der Waals surface area contributed by atoms with Crippen molar-refractivity contribution < 1.29 is 4.79 Å². The van der Waals surface area contributed by atoms with E-state index in [4.69, 9.17) is 5.73 Å². The van der Waals surface area contributed by atoms with Crippen molar-refractivity contribution in [2.24, 2.45) is 11.7 Å². The third-order valence-electron chi connectivity index (χ3n) is 1.91. The molecule has 1 fully saturated rings. The monoisotopic (exact) mass is 142 g/mol. The summed E-state index contributed by atoms with van der Waals surface area (Å²) in [6.07, 6.45) is 2.96. The topological polar surface area (TPSA) is 55.1 Å². The summed E-state index contributed by atoms with van der Waals surface area (Å²) in [5.41, 5.74) is 5.34. The molecule has 10 heavy (non-hydrogen) atoms. The Morgan fingerprint density at radius 2 is 2.50 bits per heavy atom. The van der Waals surface area contributed by atoms with Gasteiger partial charge in [0.25, 0.3) is 0 Å². The second-order valence-corrected chi connectivity index (χ2v) is 2.71. The van der Waals surface area contributed by atoms with Crippen LogP contribution < -0.4 is 11.1 Å². The molecule has 3 N–H and O–H groups in total. The summed E-state index contributed by atoms with van der Waals surface area (Å²) in [6, 6.07) is 0. The van der Waals surface area contributed by atoms with Gasteiger partial charge in [-0.05, 0) is 25.8 Å². The van der Waals surface area contributed by atoms with Crippen molar-refractivity contribution in [3.63, 3.8) is 0 Å². The van der Waals surface area contributed by atoms with Crippen molar-refractivity contribution in [2.45, 2.75) is 19.3 Å². The Kier molecular flexibility index (Phi) is 2.68. The number of hydrogen-bond donors (Lipinski definition) is 2. The van der Waals surface area contributed by atoms with Gasteiger partial charge in [0.2, 0.25) is 5.91 Å². The van der Waals surface area contributed by atoms with E-state index in [-0.39, 0.29) is 11.8 Å². The molecule has 58 valence electrons. The Balaban J connectivity index is 2.32. The summed E-state index contributed by atoms with van der Waals surface area (Å²) in [7, 11) is 0. The quantitative estimate of drug-likeness (QED) is 0.564. The number of amides is 1. The summed E-state index contributed by atoms with van der Waals surface area (Å²) in [6.45, 7) is 1.47. The molecule has 0 bridgehead atoms. The molecule has 1 aliphatic heterocycles. The van der Waals surface area contributed by atoms with Gasteiger partial charge in [0.1, 0.15) is 0 Å². The first-order valence-corrected chi connectivity index (χ1v) is 3.82. The van der Waals surface area contributed by atoms with Crippen LogP contribution in [-0.2, 0) is 4.79 Å². The van der Waals surface area contributed by atoms with Crippen LogP contribution in [0.2, 0.25) is 0 Å². The fourth-order valence-corrected chi connectivity index (χ4v) is 1.31. The van der Waals surface area contributed by atoms with E-state index in [2.05, 4.69) is 5.32 Å². The Morgan fingerprint density at radius 3 is 3.10 bits per heavy atom. The van der Waals surface area contributed by atoms with Crippen molar-refractivity contribution in [3.8, 4) is 0 Å². The second-order valence-electron chi connectivity index (χ2n) is 2.71. The zero-order valence-corrected chi connectivity index (χ0v) is 6.10. The normalized spacial score (nSPS) is 26.1. The van der Waals surface area contributed by atoms with E-state index in [9.17, 15) is 4.79 Å². The molecule has 1 amide bonds. The molecule has 3 nitrogen and oxygen atoms in total. The summed E-state index contributed by atoms with van der Waals surface area (Å²) < 4.78 is 0. The van der Waals surface area contributed by atoms with Gasteiger partial charge in [0, 0.05) is 12.5 Å². The van der Waals surface area contributed by atoms with Crippen LogP contribution in [0.15, 0.2) is 0 Å². The van der Waals surface area contributed by atoms with Crippen LogP contribution in [0.25, 0.3) is 0 Å². The SMILES string of the molecule is NCC[C@@H]1CCCNC1=O. The minimum atomic E-state index is 0.191. The number of carbonyl (C=O) groups excluding carboxylic acids is 1. The lowest BCUT2D eigenvalue weighted by Gasteiger charge is -2.20. The highest BCUT2D eigenvalue weighted by Gasteiger charge is 2.20. The first-order valence-electron chi connectivity index (χ1n) is 3.82. The molecule has 1 heterocycles. The lowest BCUT2D eigenvalue weighted by Crippen LogP contribution is -2.37. The predicted molar refractivity (Wildman–Crippen MR) is 39.4 cm³/mol. The largest absolute Gasteiger partial charge is 0.356 e. The maximum atomic E-state index is 11.0. The van der Waals surface area contributed by atoms with Crippen LogP contribution in [0, 0.1) is 5.92 Å². The number of nitrogens with two attached hydrogens (primary N) is 1. The molecular weight excluding hydrogens is 128 g/mol. The van der Waals surface area contributed by atoms with Gasteiger partial charge in [0.05, 0.1) is 0 Å². The van der Waals surface area contributed by atoms with E-state index in [0.29, 0.717) is 6.54 Å². The van der Waals surface area contributed by atoms with Gasteiger partial charge in [-0.15, -0.1) is 0 Å². The van der Waals surface area contributed by atoms with Gasteiger partial charge in [0.15, 0.2) is 0 Å². The molecule has 0 radical (unpaired) electrons. The van der Waals surface area contributed by atoms with E-state index in [1.807, 2.05) is 0 Å². The van der Waals surface area contributed by atoms with Crippen LogP contribution in [-0.4, -0.2) is 19.0 Å². The molecule has 0 aromatic carbocycles. The molecule has 0 unspecified atom stereocenters. The van der Waals surface area contributed by atoms with Crippen LogP contribution in [0.5, 0.6) is 0 Å². The van der Waals surface area contributed by atoms with Gasteiger partial charge in [-0.3, -0.25) is 4.79 Å². The zero-order chi connectivity index (χ0) is 7.40. The maximum Gasteiger partial charge on any atom is 0.223 e. The number of rotatable bonds is 2. The highest BCUT2D eigenvalue weighted by molar-refractivity contribution is 5.79. The molecule has 3 heteroatoms. The van der Waals surface area contributed by atoms with Gasteiger partial charge in [-0.1, -0.05) is 0 Å². The van der Waals surface area contributed by atoms with Crippen LogP contribution in [0.1, 0.15) is 19.3 Å². The smallest absolute Gasteiger partial charge is 0.223 e. The minimum absolute atomic E-state index is 0.191. The van der Waals surface area contributed by atoms with Gasteiger partial charge < -0.3 is 11.1 Å². The number of nitrogens with one attached hydrogen (secondary N) is 1. The van der Waals surface area contributed by atoms with Crippen molar-refractivity contribution in [3.05, 3.63) is 0 Å². The predicted octanol–water partition coefficient (Wildman–Crippen LogP) is -0.139. The van der Waals surface area contributed by atoms with E-state index in [1.54, 1.807) is 0 Å². The van der Waals surface area contributed by atoms with Crippen molar-refractivity contribution in [1.29, 1.82) is 0 Å². The third kappa shape index (κ3) is 1.70. The van der Waals surface area contributed by atoms with E-state index in [1.165, 1.54) is 0 Å². The molecule has 1 atom stereocenters. The molecule has 1 saturated heterocycles. The molecule has 0 saturated carbocycles. The highest BCUT2D eigenvalue weighted by atomic mass is 16.1. The summed E-state index contributed by atoms with van der Waals surface area (Å²) >= 11 is 0. The van der Waals surface area contributed by atoms with Crippen molar-refractivity contribution >= 4 is 5.91 Å². The van der Waals surface area contributed by atoms with E-state index in [0.717, 1.165) is 25.8 Å². The summed E-state index contributed by atoms with van der Waals surface area (Å²) in [5.74, 6) is 0.385. The van der Waals surface area contributed by atoms with Gasteiger partial charge in [-0.25, -0.2) is 0 Å². The Hall–Kier alpha value is -0.570. The number of carbonyl (C=O) groups is 1. The van der Waals surface area contributed by atoms with Gasteiger partial charge >= 0.3 is 0 Å². The standard InChI is InChI=1S/C7H14N2O/c8-4-3-6-2-1-5-9-7(6)10/h6H,1-5,8H2,(H,9,10)/t6-/m0/s1. The van der Waals surface area contributed by atoms with Gasteiger partial charge in [-0.2, -0.15) is 0 Å². The third-order valence-corrected chi connectivity index (χ3v) is 1.91. The molecule has 0 aromatic heterocycles. The Bertz CT molecular complexity index is 123. The first-order chi connectivity index (χ1) is 4.84. The average molecular weight is 142 g/mol. The van der Waals surface area contributed by atoms with Crippen LogP contribution in [0.3, 0.4) is 0 Å². The summed E-state index contributed by atoms with van der Waals surface area (Å²) in [4.78, 5) is 11.0. The fourth-order valence-electron chi connectivity index (χ4n) is 1.31. The summed E-state index contributed by atoms with van der Waals surface area (Å²) in [5, 5.41) is 2.82. The molecule has 1 rings (SSSR count). The van der Waals surface area contributed by atoms with Crippen molar-refractivity contribution in [2.75, 3.05) is 13.1 Å².